The fourth-order valence-electron chi connectivity index (χ4n) is 2.82. The molecule has 0 bridgehead atoms. The Morgan fingerprint density at radius 1 is 1.24 bits per heavy atom. The number of amides is 1. The van der Waals surface area contributed by atoms with Crippen molar-refractivity contribution in [3.63, 3.8) is 0 Å². The van der Waals surface area contributed by atoms with Crippen molar-refractivity contribution in [1.82, 2.24) is 15.5 Å². The zero-order valence-corrected chi connectivity index (χ0v) is 15.5. The second kappa shape index (κ2) is 9.81. The van der Waals surface area contributed by atoms with Crippen molar-refractivity contribution in [2.24, 2.45) is 4.99 Å². The molecule has 0 radical (unpaired) electrons. The van der Waals surface area contributed by atoms with E-state index in [0.29, 0.717) is 19.0 Å². The lowest BCUT2D eigenvalue weighted by Crippen LogP contribution is -2.45. The zero-order chi connectivity index (χ0) is 21.6. The van der Waals surface area contributed by atoms with Gasteiger partial charge in [-0.05, 0) is 25.5 Å². The summed E-state index contributed by atoms with van der Waals surface area (Å²) in [6, 6.07) is 1.27. The maximum atomic E-state index is 13.6. The van der Waals surface area contributed by atoms with Gasteiger partial charge in [0.25, 0.3) is 0 Å². The maximum Gasteiger partial charge on any atom is 0.401 e. The molecule has 1 heterocycles. The standard InChI is InChI=1S/C17H21F6N5O/c1-2-24-16(26-10-5-6-28(8-10)9-17(21,22)23)25-7-13(29)27-12-4-3-11(18)14(19)15(12)20/h3-4,10H,2,5-9H2,1H3,(H,27,29)(H2,24,25,26). The van der Waals surface area contributed by atoms with Gasteiger partial charge in [-0.1, -0.05) is 0 Å². The van der Waals surface area contributed by atoms with E-state index in [1.54, 1.807) is 6.92 Å². The summed E-state index contributed by atoms with van der Waals surface area (Å²) in [6.45, 7) is 1.17. The van der Waals surface area contributed by atoms with Crippen molar-refractivity contribution in [3.8, 4) is 0 Å². The second-order valence-electron chi connectivity index (χ2n) is 6.45. The van der Waals surface area contributed by atoms with Crippen LogP contribution in [0.25, 0.3) is 0 Å². The van der Waals surface area contributed by atoms with E-state index in [-0.39, 0.29) is 25.1 Å². The molecule has 1 fully saturated rings. The molecule has 29 heavy (non-hydrogen) atoms. The molecule has 1 aromatic rings. The van der Waals surface area contributed by atoms with Gasteiger partial charge >= 0.3 is 6.18 Å². The van der Waals surface area contributed by atoms with Crippen LogP contribution in [-0.4, -0.2) is 61.7 Å². The Kier molecular flexibility index (Phi) is 7.71. The first-order chi connectivity index (χ1) is 13.6. The number of benzene rings is 1. The summed E-state index contributed by atoms with van der Waals surface area (Å²) < 4.78 is 77.1. The van der Waals surface area contributed by atoms with Crippen molar-refractivity contribution >= 4 is 17.6 Å². The van der Waals surface area contributed by atoms with Crippen molar-refractivity contribution < 1.29 is 31.1 Å². The van der Waals surface area contributed by atoms with Crippen LogP contribution in [0.4, 0.5) is 32.0 Å². The molecule has 1 aliphatic rings. The molecule has 0 aromatic heterocycles. The summed E-state index contributed by atoms with van der Waals surface area (Å²) in [5.41, 5.74) is -0.527. The largest absolute Gasteiger partial charge is 0.401 e. The third-order valence-electron chi connectivity index (χ3n) is 4.05. The lowest BCUT2D eigenvalue weighted by atomic mass is 10.2. The average molecular weight is 425 g/mol. The number of anilines is 1. The van der Waals surface area contributed by atoms with Crippen LogP contribution < -0.4 is 16.0 Å². The Morgan fingerprint density at radius 3 is 2.62 bits per heavy atom. The number of alkyl halides is 3. The lowest BCUT2D eigenvalue weighted by molar-refractivity contribution is -0.143. The molecular formula is C17H21F6N5O. The topological polar surface area (TPSA) is 68.8 Å². The fourth-order valence-corrected chi connectivity index (χ4v) is 2.82. The first kappa shape index (κ1) is 22.8. The van der Waals surface area contributed by atoms with Crippen molar-refractivity contribution in [1.29, 1.82) is 0 Å². The van der Waals surface area contributed by atoms with E-state index in [1.807, 2.05) is 0 Å². The second-order valence-corrected chi connectivity index (χ2v) is 6.45. The molecule has 3 N–H and O–H groups in total. The van der Waals surface area contributed by atoms with E-state index in [4.69, 9.17) is 0 Å². The number of carbonyl (C=O) groups is 1. The predicted octanol–water partition coefficient (Wildman–Crippen LogP) is 2.23. The number of hydrogen-bond acceptors (Lipinski definition) is 3. The van der Waals surface area contributed by atoms with Gasteiger partial charge in [-0.25, -0.2) is 18.2 Å². The maximum absolute atomic E-state index is 13.6. The lowest BCUT2D eigenvalue weighted by Gasteiger charge is -2.19. The summed E-state index contributed by atoms with van der Waals surface area (Å²) >= 11 is 0. The van der Waals surface area contributed by atoms with Gasteiger partial charge in [-0.2, -0.15) is 13.2 Å². The molecule has 12 heteroatoms. The summed E-state index contributed by atoms with van der Waals surface area (Å²) in [6.07, 6.45) is -3.81. The van der Waals surface area contributed by atoms with Crippen LogP contribution in [0.1, 0.15) is 13.3 Å². The van der Waals surface area contributed by atoms with Gasteiger partial charge in [0.2, 0.25) is 5.91 Å². The monoisotopic (exact) mass is 425 g/mol. The minimum atomic E-state index is -4.28. The SMILES string of the molecule is CCNC(=NCC(=O)Nc1ccc(F)c(F)c1F)NC1CCN(CC(F)(F)F)C1. The molecule has 1 saturated heterocycles. The highest BCUT2D eigenvalue weighted by Gasteiger charge is 2.34. The van der Waals surface area contributed by atoms with E-state index in [2.05, 4.69) is 20.9 Å². The summed E-state index contributed by atoms with van der Waals surface area (Å²) in [7, 11) is 0. The first-order valence-corrected chi connectivity index (χ1v) is 8.86. The van der Waals surface area contributed by atoms with Crippen LogP contribution in [0.5, 0.6) is 0 Å². The molecule has 162 valence electrons. The third-order valence-corrected chi connectivity index (χ3v) is 4.05. The number of nitrogens with one attached hydrogen (secondary N) is 3. The number of rotatable bonds is 6. The predicted molar refractivity (Wildman–Crippen MR) is 95.0 cm³/mol. The number of hydrogen-bond donors (Lipinski definition) is 3. The molecule has 1 aromatic carbocycles. The summed E-state index contributed by atoms with van der Waals surface area (Å²) in [5.74, 6) is -5.19. The number of aliphatic imine (C=N–C) groups is 1. The van der Waals surface area contributed by atoms with Crippen LogP contribution in [-0.2, 0) is 4.79 Å². The minimum absolute atomic E-state index is 0.163. The minimum Gasteiger partial charge on any atom is -0.357 e. The number of nitrogens with zero attached hydrogens (tertiary/aromatic N) is 2. The highest BCUT2D eigenvalue weighted by molar-refractivity contribution is 5.94. The van der Waals surface area contributed by atoms with Crippen LogP contribution in [0, 0.1) is 17.5 Å². The highest BCUT2D eigenvalue weighted by Crippen LogP contribution is 2.20. The van der Waals surface area contributed by atoms with Gasteiger partial charge in [-0.3, -0.25) is 9.69 Å². The number of halogens is 6. The molecule has 0 spiro atoms. The normalized spacial score (nSPS) is 18.0. The van der Waals surface area contributed by atoms with Crippen LogP contribution >= 0.6 is 0 Å². The van der Waals surface area contributed by atoms with E-state index in [9.17, 15) is 31.1 Å². The molecule has 1 amide bonds. The molecule has 0 saturated carbocycles. The number of guanidine groups is 1. The van der Waals surface area contributed by atoms with Crippen LogP contribution in [0.3, 0.4) is 0 Å². The zero-order valence-electron chi connectivity index (χ0n) is 15.5. The molecule has 1 unspecified atom stereocenters. The molecular weight excluding hydrogens is 404 g/mol. The van der Waals surface area contributed by atoms with E-state index in [1.165, 1.54) is 4.90 Å². The van der Waals surface area contributed by atoms with Gasteiger partial charge in [0, 0.05) is 25.7 Å². The summed E-state index contributed by atoms with van der Waals surface area (Å²) in [5, 5.41) is 7.89. The van der Waals surface area contributed by atoms with Gasteiger partial charge in [0.15, 0.2) is 23.4 Å². The van der Waals surface area contributed by atoms with E-state index < -0.39 is 48.3 Å². The molecule has 2 rings (SSSR count). The van der Waals surface area contributed by atoms with E-state index in [0.717, 1.165) is 6.07 Å². The number of likely N-dealkylation sites (tertiary alicyclic amines) is 1. The Bertz CT molecular complexity index is 755. The van der Waals surface area contributed by atoms with Crippen LogP contribution in [0.2, 0.25) is 0 Å². The van der Waals surface area contributed by atoms with Crippen LogP contribution in [0.15, 0.2) is 17.1 Å². The molecule has 1 atom stereocenters. The Labute approximate surface area is 163 Å². The summed E-state index contributed by atoms with van der Waals surface area (Å²) in [4.78, 5) is 17.2. The first-order valence-electron chi connectivity index (χ1n) is 8.86. The molecule has 1 aliphatic heterocycles. The number of carbonyl (C=O) groups excluding carboxylic acids is 1. The average Bonchev–Trinajstić information content (AvgIpc) is 3.05. The third kappa shape index (κ3) is 7.11. The van der Waals surface area contributed by atoms with Gasteiger partial charge < -0.3 is 16.0 Å². The Balaban J connectivity index is 1.92. The van der Waals surface area contributed by atoms with Crippen molar-refractivity contribution in [2.45, 2.75) is 25.6 Å². The van der Waals surface area contributed by atoms with Gasteiger partial charge in [0.1, 0.15) is 6.54 Å². The molecule has 6 nitrogen and oxygen atoms in total. The Morgan fingerprint density at radius 2 is 1.97 bits per heavy atom. The van der Waals surface area contributed by atoms with Gasteiger partial charge in [-0.15, -0.1) is 0 Å². The van der Waals surface area contributed by atoms with Crippen molar-refractivity contribution in [3.05, 3.63) is 29.6 Å². The smallest absolute Gasteiger partial charge is 0.357 e. The fraction of sp³-hybridized carbons (Fsp3) is 0.529. The van der Waals surface area contributed by atoms with E-state index >= 15 is 0 Å². The highest BCUT2D eigenvalue weighted by atomic mass is 19.4. The molecule has 0 aliphatic carbocycles. The van der Waals surface area contributed by atoms with Gasteiger partial charge in [0.05, 0.1) is 12.2 Å². The Hall–Kier alpha value is -2.50. The quantitative estimate of drug-likeness (QED) is 0.283. The van der Waals surface area contributed by atoms with Crippen molar-refractivity contribution in [2.75, 3.05) is 38.0 Å².